The average Bonchev–Trinajstić information content (AvgIpc) is 3.27. The van der Waals surface area contributed by atoms with Gasteiger partial charge in [-0.15, -0.1) is 24.0 Å². The normalized spacial score (nSPS) is 19.5. The number of fused-ring (bicyclic) bond motifs is 1. The van der Waals surface area contributed by atoms with Crippen LogP contribution in [0.3, 0.4) is 0 Å². The molecule has 2 N–H and O–H groups in total. The molecular weight excluding hydrogens is 507 g/mol. The van der Waals surface area contributed by atoms with Crippen LogP contribution in [0.15, 0.2) is 23.2 Å². The van der Waals surface area contributed by atoms with E-state index in [1.807, 2.05) is 37.8 Å². The Bertz CT molecular complexity index is 782. The van der Waals surface area contributed by atoms with Gasteiger partial charge in [0.15, 0.2) is 17.5 Å². The second kappa shape index (κ2) is 11.2. The summed E-state index contributed by atoms with van der Waals surface area (Å²) in [6.45, 7) is 13.4. The molecule has 2 heterocycles. The number of hydrogen-bond acceptors (Lipinski definition) is 4. The maximum absolute atomic E-state index is 12.2. The summed E-state index contributed by atoms with van der Waals surface area (Å²) in [4.78, 5) is 18.8. The fourth-order valence-corrected chi connectivity index (χ4v) is 3.97. The van der Waals surface area contributed by atoms with Crippen LogP contribution in [0.4, 0.5) is 0 Å². The number of hydrogen-bond donors (Lipinski definition) is 2. The number of guanidine groups is 1. The van der Waals surface area contributed by atoms with Gasteiger partial charge in [-0.2, -0.15) is 0 Å². The Hall–Kier alpha value is -1.71. The molecule has 1 fully saturated rings. The second-order valence-corrected chi connectivity index (χ2v) is 8.96. The van der Waals surface area contributed by atoms with Gasteiger partial charge in [0.2, 0.25) is 5.91 Å². The number of benzene rings is 1. The van der Waals surface area contributed by atoms with Gasteiger partial charge >= 0.3 is 0 Å². The van der Waals surface area contributed by atoms with E-state index in [0.717, 1.165) is 49.9 Å². The summed E-state index contributed by atoms with van der Waals surface area (Å²) in [5, 5.41) is 6.74. The number of rotatable bonds is 7. The molecule has 0 saturated carbocycles. The highest BCUT2D eigenvalue weighted by Crippen LogP contribution is 2.41. The van der Waals surface area contributed by atoms with Crippen molar-refractivity contribution in [2.75, 3.05) is 32.8 Å². The third-order valence-electron chi connectivity index (χ3n) is 5.35. The van der Waals surface area contributed by atoms with Gasteiger partial charge in [-0.1, -0.05) is 26.0 Å². The summed E-state index contributed by atoms with van der Waals surface area (Å²) in [5.74, 6) is 2.66. The van der Waals surface area contributed by atoms with Crippen molar-refractivity contribution in [2.45, 2.75) is 59.1 Å². The van der Waals surface area contributed by atoms with Gasteiger partial charge < -0.3 is 25.0 Å². The van der Waals surface area contributed by atoms with Gasteiger partial charge in [0, 0.05) is 43.6 Å². The SMILES string of the molecule is CCNC(=NCCOc1cccc2c1OC(C)(C)C2)NC1CCN(C(=O)C(C)C)C1.I. The van der Waals surface area contributed by atoms with Crippen molar-refractivity contribution >= 4 is 35.8 Å². The van der Waals surface area contributed by atoms with Crippen molar-refractivity contribution in [2.24, 2.45) is 10.9 Å². The fourth-order valence-electron chi connectivity index (χ4n) is 3.97. The van der Waals surface area contributed by atoms with Crippen LogP contribution in [0.25, 0.3) is 0 Å². The molecule has 1 aromatic carbocycles. The number of carbonyl (C=O) groups excluding carboxylic acids is 1. The molecule has 1 atom stereocenters. The summed E-state index contributed by atoms with van der Waals surface area (Å²) < 4.78 is 12.0. The molecule has 0 aromatic heterocycles. The van der Waals surface area contributed by atoms with Gasteiger partial charge in [0.1, 0.15) is 12.2 Å². The summed E-state index contributed by atoms with van der Waals surface area (Å²) in [6, 6.07) is 6.28. The van der Waals surface area contributed by atoms with Crippen LogP contribution in [-0.4, -0.2) is 61.2 Å². The lowest BCUT2D eigenvalue weighted by Crippen LogP contribution is -2.45. The smallest absolute Gasteiger partial charge is 0.225 e. The molecule has 2 aliphatic heterocycles. The molecule has 31 heavy (non-hydrogen) atoms. The molecule has 1 unspecified atom stereocenters. The van der Waals surface area contributed by atoms with Crippen LogP contribution in [-0.2, 0) is 11.2 Å². The molecule has 2 aliphatic rings. The van der Waals surface area contributed by atoms with Crippen molar-refractivity contribution in [1.82, 2.24) is 15.5 Å². The summed E-state index contributed by atoms with van der Waals surface area (Å²) in [5.41, 5.74) is 1.01. The maximum Gasteiger partial charge on any atom is 0.225 e. The van der Waals surface area contributed by atoms with E-state index in [1.54, 1.807) is 0 Å². The monoisotopic (exact) mass is 544 g/mol. The number of amides is 1. The molecule has 1 aromatic rings. The molecule has 0 aliphatic carbocycles. The van der Waals surface area contributed by atoms with Gasteiger partial charge in [-0.25, -0.2) is 4.99 Å². The quantitative estimate of drug-likeness (QED) is 0.239. The first-order chi connectivity index (χ1) is 14.3. The van der Waals surface area contributed by atoms with Gasteiger partial charge in [0.25, 0.3) is 0 Å². The molecular formula is C23H37IN4O3. The number of nitrogens with zero attached hydrogens (tertiary/aromatic N) is 2. The summed E-state index contributed by atoms with van der Waals surface area (Å²) in [6.07, 6.45) is 1.83. The number of nitrogens with one attached hydrogen (secondary N) is 2. The third kappa shape index (κ3) is 6.89. The predicted molar refractivity (Wildman–Crippen MR) is 135 cm³/mol. The van der Waals surface area contributed by atoms with E-state index < -0.39 is 0 Å². The largest absolute Gasteiger partial charge is 0.488 e. The minimum Gasteiger partial charge on any atom is -0.488 e. The van der Waals surface area contributed by atoms with Crippen LogP contribution in [0.5, 0.6) is 11.5 Å². The number of likely N-dealkylation sites (tertiary alicyclic amines) is 1. The molecule has 7 nitrogen and oxygen atoms in total. The van der Waals surface area contributed by atoms with Gasteiger partial charge in [-0.3, -0.25) is 4.79 Å². The first-order valence-corrected chi connectivity index (χ1v) is 11.1. The molecule has 174 valence electrons. The molecule has 1 amide bonds. The highest BCUT2D eigenvalue weighted by molar-refractivity contribution is 14.0. The van der Waals surface area contributed by atoms with Crippen LogP contribution in [0.1, 0.15) is 46.6 Å². The first-order valence-electron chi connectivity index (χ1n) is 11.1. The van der Waals surface area contributed by atoms with Crippen LogP contribution < -0.4 is 20.1 Å². The molecule has 8 heteroatoms. The molecule has 0 spiro atoms. The van der Waals surface area contributed by atoms with Crippen molar-refractivity contribution in [3.63, 3.8) is 0 Å². The highest BCUT2D eigenvalue weighted by Gasteiger charge is 2.32. The van der Waals surface area contributed by atoms with Crippen LogP contribution in [0.2, 0.25) is 0 Å². The zero-order valence-corrected chi connectivity index (χ0v) is 21.7. The Kier molecular flexibility index (Phi) is 9.27. The Labute approximate surface area is 203 Å². The van der Waals surface area contributed by atoms with Gasteiger partial charge in [0.05, 0.1) is 6.54 Å². The standard InChI is InChI=1S/C23H36N4O3.HI/c1-6-24-22(26-18-10-12-27(15-18)21(28)16(2)3)25-11-13-29-19-9-7-8-17-14-23(4,5)30-20(17)19;/h7-9,16,18H,6,10-15H2,1-5H3,(H2,24,25,26);1H. The highest BCUT2D eigenvalue weighted by atomic mass is 127. The van der Waals surface area contributed by atoms with E-state index in [2.05, 4.69) is 35.5 Å². The van der Waals surface area contributed by atoms with E-state index in [4.69, 9.17) is 9.47 Å². The minimum atomic E-state index is -0.186. The Morgan fingerprint density at radius 2 is 2.16 bits per heavy atom. The first kappa shape index (κ1) is 25.5. The Morgan fingerprint density at radius 1 is 1.39 bits per heavy atom. The molecule has 0 bridgehead atoms. The number of aliphatic imine (C=N–C) groups is 1. The average molecular weight is 544 g/mol. The van der Waals surface area contributed by atoms with E-state index in [-0.39, 0.29) is 47.4 Å². The zero-order chi connectivity index (χ0) is 21.7. The topological polar surface area (TPSA) is 75.2 Å². The lowest BCUT2D eigenvalue weighted by atomic mass is 10.0. The predicted octanol–water partition coefficient (Wildman–Crippen LogP) is 3.21. The molecule has 3 rings (SSSR count). The van der Waals surface area contributed by atoms with E-state index in [1.165, 1.54) is 5.56 Å². The van der Waals surface area contributed by atoms with Crippen molar-refractivity contribution < 1.29 is 14.3 Å². The third-order valence-corrected chi connectivity index (χ3v) is 5.35. The van der Waals surface area contributed by atoms with E-state index >= 15 is 0 Å². The number of para-hydroxylation sites is 1. The lowest BCUT2D eigenvalue weighted by molar-refractivity contribution is -0.133. The zero-order valence-electron chi connectivity index (χ0n) is 19.4. The van der Waals surface area contributed by atoms with Crippen molar-refractivity contribution in [3.05, 3.63) is 23.8 Å². The van der Waals surface area contributed by atoms with E-state index in [9.17, 15) is 4.79 Å². The maximum atomic E-state index is 12.2. The lowest BCUT2D eigenvalue weighted by Gasteiger charge is -2.20. The Balaban J connectivity index is 0.00000341. The summed E-state index contributed by atoms with van der Waals surface area (Å²) >= 11 is 0. The molecule has 0 radical (unpaired) electrons. The summed E-state index contributed by atoms with van der Waals surface area (Å²) in [7, 11) is 0. The van der Waals surface area contributed by atoms with Crippen LogP contribution in [0, 0.1) is 5.92 Å². The second-order valence-electron chi connectivity index (χ2n) is 8.96. The van der Waals surface area contributed by atoms with Crippen molar-refractivity contribution in [1.29, 1.82) is 0 Å². The van der Waals surface area contributed by atoms with Crippen molar-refractivity contribution in [3.8, 4) is 11.5 Å². The minimum absolute atomic E-state index is 0. The Morgan fingerprint density at radius 3 is 2.87 bits per heavy atom. The number of halogens is 1. The van der Waals surface area contributed by atoms with Crippen LogP contribution >= 0.6 is 24.0 Å². The number of ether oxygens (including phenoxy) is 2. The fraction of sp³-hybridized carbons (Fsp3) is 0.652. The number of carbonyl (C=O) groups is 1. The molecule has 1 saturated heterocycles. The van der Waals surface area contributed by atoms with Gasteiger partial charge in [-0.05, 0) is 33.3 Å². The van der Waals surface area contributed by atoms with E-state index in [0.29, 0.717) is 13.2 Å².